The molecule has 0 amide bonds. The minimum atomic E-state index is -0.229. The number of aromatic nitrogens is 2. The number of aliphatic hydroxyl groups excluding tert-OH is 1. The van der Waals surface area contributed by atoms with E-state index in [1.165, 1.54) is 25.7 Å². The maximum Gasteiger partial charge on any atom is 0.243 e. The van der Waals surface area contributed by atoms with Gasteiger partial charge in [0.05, 0.1) is 12.1 Å². The molecule has 0 radical (unpaired) electrons. The lowest BCUT2D eigenvalue weighted by molar-refractivity contribution is 0.0991. The molecule has 22 heavy (non-hydrogen) atoms. The van der Waals surface area contributed by atoms with Crippen molar-refractivity contribution in [1.29, 1.82) is 0 Å². The lowest BCUT2D eigenvalue weighted by Gasteiger charge is -2.33. The zero-order chi connectivity index (χ0) is 15.5. The summed E-state index contributed by atoms with van der Waals surface area (Å²) in [5.74, 6) is 2.84. The molecule has 0 aromatic carbocycles. The monoisotopic (exact) mass is 308 g/mol. The van der Waals surface area contributed by atoms with Gasteiger partial charge in [0.15, 0.2) is 5.82 Å². The van der Waals surface area contributed by atoms with Crippen LogP contribution in [0.25, 0.3) is 0 Å². The average molecular weight is 308 g/mol. The molecule has 1 aromatic rings. The van der Waals surface area contributed by atoms with Crippen LogP contribution < -0.4 is 5.32 Å². The Morgan fingerprint density at radius 1 is 1.27 bits per heavy atom. The first-order valence-electron chi connectivity index (χ1n) is 8.59. The molecule has 2 atom stereocenters. The molecule has 2 aliphatic rings. The number of hydrogen-bond donors (Lipinski definition) is 2. The van der Waals surface area contributed by atoms with Gasteiger partial charge in [0, 0.05) is 12.5 Å². The van der Waals surface area contributed by atoms with E-state index in [0.717, 1.165) is 32.0 Å². The van der Waals surface area contributed by atoms with Gasteiger partial charge in [-0.05, 0) is 65.1 Å². The van der Waals surface area contributed by atoms with Crippen LogP contribution in [0.3, 0.4) is 0 Å². The van der Waals surface area contributed by atoms with Crippen molar-refractivity contribution in [3.05, 3.63) is 11.7 Å². The van der Waals surface area contributed by atoms with Gasteiger partial charge in [-0.2, -0.15) is 4.98 Å². The first kappa shape index (κ1) is 15.9. The minimum absolute atomic E-state index is 0.121. The van der Waals surface area contributed by atoms with Crippen molar-refractivity contribution in [2.45, 2.75) is 57.6 Å². The quantitative estimate of drug-likeness (QED) is 0.798. The number of likely N-dealkylation sites (tertiary alicyclic amines) is 1. The van der Waals surface area contributed by atoms with E-state index in [4.69, 9.17) is 4.52 Å². The van der Waals surface area contributed by atoms with Crippen molar-refractivity contribution < 1.29 is 9.63 Å². The number of rotatable bonds is 7. The first-order chi connectivity index (χ1) is 10.6. The molecule has 2 N–H and O–H groups in total. The molecule has 124 valence electrons. The number of hydrogen-bond acceptors (Lipinski definition) is 6. The van der Waals surface area contributed by atoms with E-state index in [2.05, 4.69) is 27.3 Å². The number of β-amino-alcohol motifs (C(OH)–C–C–N with tert-alkyl or cyclic N) is 1. The SMILES string of the molecule is C[C@H](O)CN1CCC(CN[C@H](C)c2nc(C3CC3)no2)CC1. The van der Waals surface area contributed by atoms with Crippen LogP contribution in [-0.2, 0) is 0 Å². The predicted octanol–water partition coefficient (Wildman–Crippen LogP) is 1.69. The van der Waals surface area contributed by atoms with Crippen molar-refractivity contribution in [3.8, 4) is 0 Å². The lowest BCUT2D eigenvalue weighted by Crippen LogP contribution is -2.40. The molecule has 0 spiro atoms. The Kier molecular flexibility index (Phi) is 5.10. The maximum absolute atomic E-state index is 9.44. The molecule has 1 saturated heterocycles. The molecule has 6 heteroatoms. The molecule has 0 bridgehead atoms. The van der Waals surface area contributed by atoms with Crippen LogP contribution >= 0.6 is 0 Å². The fourth-order valence-corrected chi connectivity index (χ4v) is 3.11. The van der Waals surface area contributed by atoms with Gasteiger partial charge in [-0.1, -0.05) is 5.16 Å². The largest absolute Gasteiger partial charge is 0.392 e. The topological polar surface area (TPSA) is 74.4 Å². The first-order valence-corrected chi connectivity index (χ1v) is 8.59. The Labute approximate surface area is 132 Å². The summed E-state index contributed by atoms with van der Waals surface area (Å²) in [5, 5.41) is 17.0. The highest BCUT2D eigenvalue weighted by Crippen LogP contribution is 2.38. The Morgan fingerprint density at radius 3 is 2.64 bits per heavy atom. The van der Waals surface area contributed by atoms with Gasteiger partial charge in [0.25, 0.3) is 0 Å². The zero-order valence-electron chi connectivity index (χ0n) is 13.7. The third-order valence-corrected chi connectivity index (χ3v) is 4.71. The van der Waals surface area contributed by atoms with Gasteiger partial charge in [0.1, 0.15) is 0 Å². The van der Waals surface area contributed by atoms with Crippen LogP contribution in [-0.4, -0.2) is 52.4 Å². The lowest BCUT2D eigenvalue weighted by atomic mass is 9.96. The average Bonchev–Trinajstić information content (AvgIpc) is 3.23. The van der Waals surface area contributed by atoms with E-state index in [-0.39, 0.29) is 12.1 Å². The molecular formula is C16H28N4O2. The summed E-state index contributed by atoms with van der Waals surface area (Å²) in [4.78, 5) is 6.86. The fourth-order valence-electron chi connectivity index (χ4n) is 3.11. The Bertz CT molecular complexity index is 464. The Balaban J connectivity index is 1.38. The molecule has 6 nitrogen and oxygen atoms in total. The normalized spacial score (nSPS) is 23.6. The summed E-state index contributed by atoms with van der Waals surface area (Å²) in [5.41, 5.74) is 0. The van der Waals surface area contributed by atoms with Gasteiger partial charge in [-0.3, -0.25) is 0 Å². The molecule has 2 heterocycles. The highest BCUT2D eigenvalue weighted by atomic mass is 16.5. The highest BCUT2D eigenvalue weighted by molar-refractivity contribution is 5.04. The van der Waals surface area contributed by atoms with E-state index in [1.54, 1.807) is 0 Å². The van der Waals surface area contributed by atoms with Crippen molar-refractivity contribution in [1.82, 2.24) is 20.4 Å². The van der Waals surface area contributed by atoms with E-state index < -0.39 is 0 Å². The number of nitrogens with one attached hydrogen (secondary N) is 1. The van der Waals surface area contributed by atoms with E-state index in [0.29, 0.717) is 17.7 Å². The van der Waals surface area contributed by atoms with Crippen molar-refractivity contribution >= 4 is 0 Å². The van der Waals surface area contributed by atoms with Gasteiger partial charge in [0.2, 0.25) is 5.89 Å². The van der Waals surface area contributed by atoms with Gasteiger partial charge in [-0.25, -0.2) is 0 Å². The van der Waals surface area contributed by atoms with Gasteiger partial charge >= 0.3 is 0 Å². The van der Waals surface area contributed by atoms with Crippen LogP contribution in [0.2, 0.25) is 0 Å². The van der Waals surface area contributed by atoms with E-state index >= 15 is 0 Å². The highest BCUT2D eigenvalue weighted by Gasteiger charge is 2.29. The van der Waals surface area contributed by atoms with Crippen LogP contribution in [0.1, 0.15) is 63.2 Å². The van der Waals surface area contributed by atoms with Crippen LogP contribution in [0.15, 0.2) is 4.52 Å². The smallest absolute Gasteiger partial charge is 0.243 e. The van der Waals surface area contributed by atoms with Gasteiger partial charge in [-0.15, -0.1) is 0 Å². The second kappa shape index (κ2) is 7.06. The number of aliphatic hydroxyl groups is 1. The summed E-state index contributed by atoms with van der Waals surface area (Å²) < 4.78 is 5.37. The summed E-state index contributed by atoms with van der Waals surface area (Å²) >= 11 is 0. The summed E-state index contributed by atoms with van der Waals surface area (Å²) in [7, 11) is 0. The molecule has 0 unspecified atom stereocenters. The standard InChI is InChI=1S/C16H28N4O2/c1-11(21)10-20-7-5-13(6-8-20)9-17-12(2)16-18-15(19-22-16)14-3-4-14/h11-14,17,21H,3-10H2,1-2H3/t11-,12+/m0/s1. The maximum atomic E-state index is 9.44. The van der Waals surface area contributed by atoms with E-state index in [1.807, 2.05) is 6.92 Å². The van der Waals surface area contributed by atoms with Crippen LogP contribution in [0.5, 0.6) is 0 Å². The Morgan fingerprint density at radius 2 is 2.00 bits per heavy atom. The molecular weight excluding hydrogens is 280 g/mol. The van der Waals surface area contributed by atoms with Crippen LogP contribution in [0.4, 0.5) is 0 Å². The summed E-state index contributed by atoms with van der Waals surface area (Å²) in [6.45, 7) is 7.89. The fraction of sp³-hybridized carbons (Fsp3) is 0.875. The zero-order valence-corrected chi connectivity index (χ0v) is 13.7. The minimum Gasteiger partial charge on any atom is -0.392 e. The molecule has 1 aliphatic carbocycles. The number of nitrogens with zero attached hydrogens (tertiary/aromatic N) is 3. The van der Waals surface area contributed by atoms with Crippen molar-refractivity contribution in [3.63, 3.8) is 0 Å². The summed E-state index contributed by atoms with van der Waals surface area (Å²) in [6.07, 6.45) is 4.54. The third kappa shape index (κ3) is 4.27. The molecule has 1 aromatic heterocycles. The molecule has 1 saturated carbocycles. The molecule has 3 rings (SSSR count). The van der Waals surface area contributed by atoms with Crippen molar-refractivity contribution in [2.75, 3.05) is 26.2 Å². The second-order valence-electron chi connectivity index (χ2n) is 6.99. The second-order valence-corrected chi connectivity index (χ2v) is 6.99. The third-order valence-electron chi connectivity index (χ3n) is 4.71. The summed E-state index contributed by atoms with van der Waals surface area (Å²) in [6, 6.07) is 0.121. The van der Waals surface area contributed by atoms with Crippen molar-refractivity contribution in [2.24, 2.45) is 5.92 Å². The molecule has 1 aliphatic heterocycles. The van der Waals surface area contributed by atoms with E-state index in [9.17, 15) is 5.11 Å². The van der Waals surface area contributed by atoms with Gasteiger partial charge < -0.3 is 19.8 Å². The number of piperidine rings is 1. The molecule has 2 fully saturated rings. The predicted molar refractivity (Wildman–Crippen MR) is 83.5 cm³/mol. The Hall–Kier alpha value is -0.980. The van der Waals surface area contributed by atoms with Crippen LogP contribution in [0, 0.1) is 5.92 Å².